The Morgan fingerprint density at radius 2 is 2.38 bits per heavy atom. The Morgan fingerprint density at radius 1 is 1.75 bits per heavy atom. The summed E-state index contributed by atoms with van der Waals surface area (Å²) in [6, 6.07) is 0. The third-order valence-electron chi connectivity index (χ3n) is 0.707. The molecule has 1 amide bonds. The van der Waals surface area contributed by atoms with Crippen molar-refractivity contribution in [1.82, 2.24) is 5.32 Å². The molecular formula is C3H5NO3S. The number of hydrogen-bond acceptors (Lipinski definition) is 4. The minimum Gasteiger partial charge on any atom is -0.348 e. The quantitative estimate of drug-likeness (QED) is 0.376. The van der Waals surface area contributed by atoms with Crippen molar-refractivity contribution in [2.45, 2.75) is 5.91 Å². The summed E-state index contributed by atoms with van der Waals surface area (Å²) in [6.07, 6.45) is 0. The third kappa shape index (κ3) is 1.12. The number of aliphatic hydroxyl groups is 2. The molecule has 3 N–H and O–H groups in total. The largest absolute Gasteiger partial charge is 0.348 e. The van der Waals surface area contributed by atoms with E-state index in [1.165, 1.54) is 0 Å². The molecule has 0 atom stereocenters. The molecule has 0 spiro atoms. The minimum absolute atomic E-state index is 0.00579. The second-order valence-corrected chi connectivity index (χ2v) is 2.47. The zero-order chi connectivity index (χ0) is 6.20. The van der Waals surface area contributed by atoms with Crippen LogP contribution in [0.3, 0.4) is 0 Å². The molecule has 0 unspecified atom stereocenters. The maximum absolute atomic E-state index is 10.2. The van der Waals surface area contributed by atoms with Crippen LogP contribution in [-0.2, 0) is 0 Å². The third-order valence-corrected chi connectivity index (χ3v) is 1.62. The zero-order valence-electron chi connectivity index (χ0n) is 3.92. The van der Waals surface area contributed by atoms with Gasteiger partial charge in [-0.1, -0.05) is 11.8 Å². The van der Waals surface area contributed by atoms with Crippen LogP contribution in [0.2, 0.25) is 0 Å². The highest BCUT2D eigenvalue weighted by molar-refractivity contribution is 8.14. The minimum atomic E-state index is -1.97. The number of rotatable bonds is 0. The van der Waals surface area contributed by atoms with Gasteiger partial charge in [-0.3, -0.25) is 10.1 Å². The van der Waals surface area contributed by atoms with E-state index in [0.717, 1.165) is 11.8 Å². The number of carbonyl (C=O) groups is 1. The van der Waals surface area contributed by atoms with Gasteiger partial charge in [-0.2, -0.15) is 0 Å². The predicted molar refractivity (Wildman–Crippen MR) is 28.2 cm³/mol. The van der Waals surface area contributed by atoms with Crippen LogP contribution in [0.4, 0.5) is 4.79 Å². The first-order chi connectivity index (χ1) is 3.60. The summed E-state index contributed by atoms with van der Waals surface area (Å²) >= 11 is 0.854. The summed E-state index contributed by atoms with van der Waals surface area (Å²) in [5.74, 6) is -1.96. The maximum Gasteiger partial charge on any atom is 0.283 e. The van der Waals surface area contributed by atoms with E-state index in [0.29, 0.717) is 0 Å². The molecule has 5 heteroatoms. The lowest BCUT2D eigenvalue weighted by Crippen LogP contribution is -2.42. The molecule has 1 fully saturated rings. The van der Waals surface area contributed by atoms with E-state index in [-0.39, 0.29) is 5.75 Å². The number of thioether (sulfide) groups is 1. The summed E-state index contributed by atoms with van der Waals surface area (Å²) in [4.78, 5) is 10.2. The Labute approximate surface area is 49.9 Å². The van der Waals surface area contributed by atoms with Crippen molar-refractivity contribution in [3.8, 4) is 0 Å². The van der Waals surface area contributed by atoms with Crippen molar-refractivity contribution < 1.29 is 15.0 Å². The molecule has 1 aliphatic heterocycles. The first-order valence-electron chi connectivity index (χ1n) is 2.00. The van der Waals surface area contributed by atoms with Gasteiger partial charge >= 0.3 is 0 Å². The summed E-state index contributed by atoms with van der Waals surface area (Å²) in [7, 11) is 0. The molecule has 46 valence electrons. The molecule has 1 aliphatic rings. The van der Waals surface area contributed by atoms with Crippen molar-refractivity contribution in [2.75, 3.05) is 5.75 Å². The van der Waals surface area contributed by atoms with E-state index < -0.39 is 11.2 Å². The molecule has 0 radical (unpaired) electrons. The average molecular weight is 135 g/mol. The lowest BCUT2D eigenvalue weighted by atomic mass is 10.6. The number of nitrogens with one attached hydrogen (secondary N) is 1. The number of carbonyl (C=O) groups excluding carboxylic acids is 1. The van der Waals surface area contributed by atoms with Gasteiger partial charge < -0.3 is 10.2 Å². The highest BCUT2D eigenvalue weighted by Gasteiger charge is 2.33. The van der Waals surface area contributed by atoms with E-state index in [4.69, 9.17) is 10.2 Å². The molecule has 0 aliphatic carbocycles. The van der Waals surface area contributed by atoms with Gasteiger partial charge in [0.25, 0.3) is 11.2 Å². The lowest BCUT2D eigenvalue weighted by molar-refractivity contribution is -0.149. The van der Waals surface area contributed by atoms with Crippen molar-refractivity contribution in [2.24, 2.45) is 0 Å². The zero-order valence-corrected chi connectivity index (χ0v) is 4.73. The van der Waals surface area contributed by atoms with Crippen LogP contribution >= 0.6 is 11.8 Å². The lowest BCUT2D eigenvalue weighted by Gasteiger charge is -2.10. The summed E-state index contributed by atoms with van der Waals surface area (Å²) in [5.41, 5.74) is 0. The summed E-state index contributed by atoms with van der Waals surface area (Å²) < 4.78 is 0. The molecule has 4 nitrogen and oxygen atoms in total. The molecule has 8 heavy (non-hydrogen) atoms. The fraction of sp³-hybridized carbons (Fsp3) is 0.667. The van der Waals surface area contributed by atoms with E-state index in [1.807, 2.05) is 5.32 Å². The van der Waals surface area contributed by atoms with Gasteiger partial charge in [0.2, 0.25) is 0 Å². The van der Waals surface area contributed by atoms with Gasteiger partial charge in [-0.25, -0.2) is 0 Å². The van der Waals surface area contributed by atoms with Crippen LogP contribution in [0.5, 0.6) is 0 Å². The molecule has 1 rings (SSSR count). The van der Waals surface area contributed by atoms with Crippen LogP contribution in [0.25, 0.3) is 0 Å². The van der Waals surface area contributed by atoms with Crippen LogP contribution < -0.4 is 5.32 Å². The van der Waals surface area contributed by atoms with Crippen LogP contribution in [0, 0.1) is 0 Å². The van der Waals surface area contributed by atoms with E-state index in [9.17, 15) is 4.79 Å². The molecule has 0 aromatic carbocycles. The second kappa shape index (κ2) is 1.61. The average Bonchev–Trinajstić information content (AvgIpc) is 1.82. The Kier molecular flexibility index (Phi) is 1.18. The molecule has 1 heterocycles. The van der Waals surface area contributed by atoms with Gasteiger partial charge in [0.05, 0.1) is 5.75 Å². The smallest absolute Gasteiger partial charge is 0.283 e. The topological polar surface area (TPSA) is 69.6 Å². The van der Waals surface area contributed by atoms with Crippen molar-refractivity contribution >= 4 is 17.0 Å². The Balaban J connectivity index is 2.56. The Hall–Kier alpha value is -0.260. The van der Waals surface area contributed by atoms with Gasteiger partial charge in [0, 0.05) is 0 Å². The molecule has 0 saturated carbocycles. The Morgan fingerprint density at radius 3 is 2.50 bits per heavy atom. The van der Waals surface area contributed by atoms with Crippen LogP contribution in [-0.4, -0.2) is 27.1 Å². The number of hydrogen-bond donors (Lipinski definition) is 3. The van der Waals surface area contributed by atoms with Gasteiger partial charge in [0.1, 0.15) is 0 Å². The summed E-state index contributed by atoms with van der Waals surface area (Å²) in [6.45, 7) is 0. The number of amides is 1. The van der Waals surface area contributed by atoms with Crippen molar-refractivity contribution in [3.05, 3.63) is 0 Å². The van der Waals surface area contributed by atoms with Gasteiger partial charge in [0.15, 0.2) is 0 Å². The van der Waals surface area contributed by atoms with Crippen LogP contribution in [0.1, 0.15) is 0 Å². The highest BCUT2D eigenvalue weighted by atomic mass is 32.2. The monoisotopic (exact) mass is 135 g/mol. The fourth-order valence-corrected chi connectivity index (χ4v) is 1.04. The first-order valence-corrected chi connectivity index (χ1v) is 2.98. The van der Waals surface area contributed by atoms with E-state index >= 15 is 0 Å². The van der Waals surface area contributed by atoms with Gasteiger partial charge in [-0.15, -0.1) is 0 Å². The van der Waals surface area contributed by atoms with Crippen molar-refractivity contribution in [3.63, 3.8) is 0 Å². The fourth-order valence-electron chi connectivity index (χ4n) is 0.402. The SMILES string of the molecule is O=C1NC(O)(O)CS1. The first kappa shape index (κ1) is 5.87. The molecule has 0 aromatic rings. The van der Waals surface area contributed by atoms with Crippen LogP contribution in [0.15, 0.2) is 0 Å². The normalized spacial score (nSPS) is 25.5. The van der Waals surface area contributed by atoms with E-state index in [1.54, 1.807) is 0 Å². The molecule has 0 bridgehead atoms. The van der Waals surface area contributed by atoms with E-state index in [2.05, 4.69) is 0 Å². The summed E-state index contributed by atoms with van der Waals surface area (Å²) in [5, 5.41) is 18.7. The molecule has 1 saturated heterocycles. The van der Waals surface area contributed by atoms with Crippen molar-refractivity contribution in [1.29, 1.82) is 0 Å². The Bertz CT molecular complexity index is 124. The highest BCUT2D eigenvalue weighted by Crippen LogP contribution is 2.17. The van der Waals surface area contributed by atoms with Gasteiger partial charge in [-0.05, 0) is 0 Å². The second-order valence-electron chi connectivity index (χ2n) is 1.52. The maximum atomic E-state index is 10.2. The predicted octanol–water partition coefficient (Wildman–Crippen LogP) is -0.919. The molecular weight excluding hydrogens is 130 g/mol. The standard InChI is InChI=1S/C3H5NO3S/c5-2-4-3(6,7)1-8-2/h6-7H,1H2,(H,4,5). The molecule has 0 aromatic heterocycles.